The molecule has 2 atom stereocenters. The molecule has 0 aromatic heterocycles. The Labute approximate surface area is 167 Å². The van der Waals surface area contributed by atoms with Gasteiger partial charge in [-0.3, -0.25) is 4.79 Å². The van der Waals surface area contributed by atoms with Crippen LogP contribution in [0.2, 0.25) is 0 Å². The van der Waals surface area contributed by atoms with Crippen molar-refractivity contribution in [1.82, 2.24) is 9.80 Å². The van der Waals surface area contributed by atoms with E-state index in [1.165, 1.54) is 36.4 Å². The molecule has 0 saturated carbocycles. The van der Waals surface area contributed by atoms with Crippen LogP contribution in [0.4, 0.5) is 10.5 Å². The van der Waals surface area contributed by atoms with Gasteiger partial charge in [0.15, 0.2) is 0 Å². The van der Waals surface area contributed by atoms with E-state index in [1.807, 2.05) is 12.1 Å². The number of carbonyl (C=O) groups is 2. The third-order valence-electron chi connectivity index (χ3n) is 6.75. The molecule has 3 heterocycles. The molecule has 6 nitrogen and oxygen atoms in total. The summed E-state index contributed by atoms with van der Waals surface area (Å²) in [5.74, 6) is -0.182. The Morgan fingerprint density at radius 2 is 1.71 bits per heavy atom. The van der Waals surface area contributed by atoms with Crippen molar-refractivity contribution in [3.8, 4) is 0 Å². The number of piperidine rings is 1. The Morgan fingerprint density at radius 1 is 1.04 bits per heavy atom. The summed E-state index contributed by atoms with van der Waals surface area (Å²) in [4.78, 5) is 31.2. The normalized spacial score (nSPS) is 26.2. The minimum Gasteiger partial charge on any atom is -0.325 e. The molecular weight excluding hydrogens is 352 g/mol. The number of imide groups is 1. The van der Waals surface area contributed by atoms with Gasteiger partial charge in [0.05, 0.1) is 5.69 Å². The van der Waals surface area contributed by atoms with Gasteiger partial charge in [0.2, 0.25) is 0 Å². The van der Waals surface area contributed by atoms with Gasteiger partial charge in [-0.15, -0.1) is 0 Å². The van der Waals surface area contributed by atoms with Gasteiger partial charge in [0, 0.05) is 12.6 Å². The Balaban J connectivity index is 1.48. The second kappa shape index (κ2) is 7.48. The number of nitrogens with zero attached hydrogens (tertiary/aromatic N) is 3. The van der Waals surface area contributed by atoms with Crippen LogP contribution in [-0.2, 0) is 10.2 Å². The maximum atomic E-state index is 12.9. The van der Waals surface area contributed by atoms with E-state index in [0.29, 0.717) is 12.2 Å². The fraction of sp³-hybridized carbons (Fsp3) is 0.636. The lowest BCUT2D eigenvalue weighted by atomic mass is 9.81. The molecule has 4 rings (SSSR count). The standard InChI is InChI=1S/C22H32N4O2/c1-22(2,11-15-24-12-3-4-13-24)16-7-9-17(10-8-16)26-20(27)19-18(23)6-5-14-25(19)21(26)28/h7-10,18-19H,3-6,11-15,23H2,1-2H3/t18-,19+/m1/s1. The first kappa shape index (κ1) is 19.4. The SMILES string of the molecule is CC(C)(CCN1CCCC1)c1ccc(N2C(=O)[C@@H]3[C@H](N)CCCN3C2=O)cc1. The smallest absolute Gasteiger partial charge is 0.325 e. The highest BCUT2D eigenvalue weighted by Crippen LogP contribution is 2.33. The number of nitrogens with two attached hydrogens (primary N) is 1. The summed E-state index contributed by atoms with van der Waals surface area (Å²) in [5, 5.41) is 0. The highest BCUT2D eigenvalue weighted by molar-refractivity contribution is 6.21. The minimum atomic E-state index is -0.502. The Morgan fingerprint density at radius 3 is 2.36 bits per heavy atom. The first-order valence-electron chi connectivity index (χ1n) is 10.6. The molecule has 0 spiro atoms. The number of benzene rings is 1. The van der Waals surface area contributed by atoms with E-state index in [9.17, 15) is 9.59 Å². The van der Waals surface area contributed by atoms with Crippen LogP contribution in [-0.4, -0.2) is 60.0 Å². The highest BCUT2D eigenvalue weighted by Gasteiger charge is 2.49. The van der Waals surface area contributed by atoms with Gasteiger partial charge in [0.1, 0.15) is 6.04 Å². The van der Waals surface area contributed by atoms with Crippen molar-refractivity contribution in [1.29, 1.82) is 0 Å². The van der Waals surface area contributed by atoms with Gasteiger partial charge in [-0.05, 0) is 74.8 Å². The van der Waals surface area contributed by atoms with Gasteiger partial charge < -0.3 is 15.5 Å². The van der Waals surface area contributed by atoms with E-state index < -0.39 is 6.04 Å². The number of anilines is 1. The van der Waals surface area contributed by atoms with Crippen LogP contribution in [0.3, 0.4) is 0 Å². The number of rotatable bonds is 5. The average Bonchev–Trinajstić information content (AvgIpc) is 3.28. The van der Waals surface area contributed by atoms with E-state index in [0.717, 1.165) is 25.8 Å². The fourth-order valence-corrected chi connectivity index (χ4v) is 4.80. The molecular formula is C22H32N4O2. The number of fused-ring (bicyclic) bond motifs is 1. The van der Waals surface area contributed by atoms with Crippen molar-refractivity contribution < 1.29 is 9.59 Å². The second-order valence-electron chi connectivity index (χ2n) is 9.13. The van der Waals surface area contributed by atoms with Gasteiger partial charge in [-0.25, -0.2) is 9.69 Å². The maximum absolute atomic E-state index is 12.9. The Bertz CT molecular complexity index is 739. The Hall–Kier alpha value is -1.92. The zero-order valence-electron chi connectivity index (χ0n) is 17.1. The molecule has 6 heteroatoms. The molecule has 3 amide bonds. The van der Waals surface area contributed by atoms with Crippen LogP contribution in [0, 0.1) is 0 Å². The van der Waals surface area contributed by atoms with Crippen molar-refractivity contribution in [3.05, 3.63) is 29.8 Å². The first-order chi connectivity index (χ1) is 13.4. The summed E-state index contributed by atoms with van der Waals surface area (Å²) in [5.41, 5.74) is 8.08. The summed E-state index contributed by atoms with van der Waals surface area (Å²) in [6.45, 7) is 8.70. The molecule has 2 N–H and O–H groups in total. The van der Waals surface area contributed by atoms with Crippen LogP contribution < -0.4 is 10.6 Å². The topological polar surface area (TPSA) is 69.9 Å². The van der Waals surface area contributed by atoms with Crippen LogP contribution in [0.15, 0.2) is 24.3 Å². The molecule has 3 aliphatic rings. The lowest BCUT2D eigenvalue weighted by molar-refractivity contribution is -0.120. The average molecular weight is 385 g/mol. The molecule has 152 valence electrons. The lowest BCUT2D eigenvalue weighted by Crippen LogP contribution is -2.52. The van der Waals surface area contributed by atoms with Crippen molar-refractivity contribution in [3.63, 3.8) is 0 Å². The van der Waals surface area contributed by atoms with Crippen molar-refractivity contribution in [2.45, 2.75) is 63.5 Å². The number of urea groups is 1. The Kier molecular flexibility index (Phi) is 5.19. The number of amides is 3. The summed E-state index contributed by atoms with van der Waals surface area (Å²) in [6, 6.07) is 6.95. The monoisotopic (exact) mass is 384 g/mol. The predicted molar refractivity (Wildman–Crippen MR) is 110 cm³/mol. The number of carbonyl (C=O) groups excluding carboxylic acids is 2. The van der Waals surface area contributed by atoms with Gasteiger partial charge in [0.25, 0.3) is 5.91 Å². The summed E-state index contributed by atoms with van der Waals surface area (Å²) >= 11 is 0. The van der Waals surface area contributed by atoms with Crippen molar-refractivity contribution in [2.75, 3.05) is 31.1 Å². The first-order valence-corrected chi connectivity index (χ1v) is 10.6. The second-order valence-corrected chi connectivity index (χ2v) is 9.13. The van der Waals surface area contributed by atoms with Crippen LogP contribution in [0.25, 0.3) is 0 Å². The van der Waals surface area contributed by atoms with E-state index >= 15 is 0 Å². The van der Waals surface area contributed by atoms with E-state index in [4.69, 9.17) is 5.73 Å². The molecule has 1 aromatic carbocycles. The van der Waals surface area contributed by atoms with E-state index in [-0.39, 0.29) is 23.4 Å². The number of hydrogen-bond acceptors (Lipinski definition) is 4. The van der Waals surface area contributed by atoms with Crippen molar-refractivity contribution in [2.24, 2.45) is 5.73 Å². The van der Waals surface area contributed by atoms with Crippen molar-refractivity contribution >= 4 is 17.6 Å². The van der Waals surface area contributed by atoms with Crippen LogP contribution in [0.1, 0.15) is 51.5 Å². The minimum absolute atomic E-state index is 0.0555. The zero-order valence-corrected chi connectivity index (χ0v) is 17.1. The van der Waals surface area contributed by atoms with E-state index in [1.54, 1.807) is 4.90 Å². The molecule has 0 radical (unpaired) electrons. The third-order valence-corrected chi connectivity index (χ3v) is 6.75. The van der Waals surface area contributed by atoms with Crippen LogP contribution >= 0.6 is 0 Å². The molecule has 0 aliphatic carbocycles. The molecule has 0 unspecified atom stereocenters. The molecule has 3 fully saturated rings. The quantitative estimate of drug-likeness (QED) is 0.793. The number of likely N-dealkylation sites (tertiary alicyclic amines) is 1. The molecule has 3 saturated heterocycles. The highest BCUT2D eigenvalue weighted by atomic mass is 16.2. The zero-order chi connectivity index (χ0) is 19.9. The summed E-state index contributed by atoms with van der Waals surface area (Å²) < 4.78 is 0. The van der Waals surface area contributed by atoms with Gasteiger partial charge in [-0.1, -0.05) is 26.0 Å². The van der Waals surface area contributed by atoms with Crippen LogP contribution in [0.5, 0.6) is 0 Å². The molecule has 3 aliphatic heterocycles. The lowest BCUT2D eigenvalue weighted by Gasteiger charge is -2.31. The maximum Gasteiger partial charge on any atom is 0.332 e. The van der Waals surface area contributed by atoms with Gasteiger partial charge in [-0.2, -0.15) is 0 Å². The fourth-order valence-electron chi connectivity index (χ4n) is 4.80. The van der Waals surface area contributed by atoms with E-state index in [2.05, 4.69) is 30.9 Å². The summed E-state index contributed by atoms with van der Waals surface area (Å²) in [6.07, 6.45) is 5.37. The largest absolute Gasteiger partial charge is 0.332 e. The third kappa shape index (κ3) is 3.44. The molecule has 0 bridgehead atoms. The predicted octanol–water partition coefficient (Wildman–Crippen LogP) is 2.71. The number of hydrogen-bond donors (Lipinski definition) is 1. The molecule has 28 heavy (non-hydrogen) atoms. The van der Waals surface area contributed by atoms with Gasteiger partial charge >= 0.3 is 6.03 Å². The summed E-state index contributed by atoms with van der Waals surface area (Å²) in [7, 11) is 0. The molecule has 1 aromatic rings.